The fourth-order valence-electron chi connectivity index (χ4n) is 3.06. The molecule has 2 aromatic heterocycles. The molecule has 0 bridgehead atoms. The molecule has 0 spiro atoms. The van der Waals surface area contributed by atoms with Crippen molar-refractivity contribution in [2.24, 2.45) is 0 Å². The van der Waals surface area contributed by atoms with Crippen molar-refractivity contribution in [2.75, 3.05) is 21.3 Å². The Labute approximate surface area is 121 Å². The van der Waals surface area contributed by atoms with Crippen LogP contribution in [0.25, 0.3) is 33.4 Å². The van der Waals surface area contributed by atoms with Gasteiger partial charge in [-0.05, 0) is 12.1 Å². The lowest BCUT2D eigenvalue weighted by molar-refractivity contribution is 0.328. The lowest BCUT2D eigenvalue weighted by Crippen LogP contribution is -1.98. The maximum Gasteiger partial charge on any atom is 0.204 e. The van der Waals surface area contributed by atoms with Gasteiger partial charge < -0.3 is 18.6 Å². The first-order chi connectivity index (χ1) is 10.3. The molecule has 1 aliphatic carbocycles. The number of benzene rings is 1. The Kier molecular flexibility index (Phi) is 2.39. The van der Waals surface area contributed by atoms with Crippen LogP contribution in [0.4, 0.5) is 0 Å². The van der Waals surface area contributed by atoms with Crippen molar-refractivity contribution in [1.82, 2.24) is 4.98 Å². The average molecular weight is 283 g/mol. The highest BCUT2D eigenvalue weighted by atomic mass is 16.5. The summed E-state index contributed by atoms with van der Waals surface area (Å²) in [7, 11) is 4.84. The van der Waals surface area contributed by atoms with Gasteiger partial charge in [-0.1, -0.05) is 0 Å². The zero-order chi connectivity index (χ0) is 14.6. The van der Waals surface area contributed by atoms with Gasteiger partial charge >= 0.3 is 0 Å². The molecule has 0 fully saturated rings. The van der Waals surface area contributed by atoms with Gasteiger partial charge in [-0.25, -0.2) is 0 Å². The number of furan rings is 1. The second-order valence-electron chi connectivity index (χ2n) is 4.72. The number of ether oxygens (including phenoxy) is 3. The molecule has 0 radical (unpaired) electrons. The highest BCUT2D eigenvalue weighted by molar-refractivity contribution is 6.17. The topological polar surface area (TPSA) is 53.7 Å². The SMILES string of the molecule is COc1c(OC)c2c3c(nccc3c1OC)-c1occc1-2. The lowest BCUT2D eigenvalue weighted by atomic mass is 10.0. The molecule has 21 heavy (non-hydrogen) atoms. The monoisotopic (exact) mass is 283 g/mol. The molecule has 0 amide bonds. The van der Waals surface area contributed by atoms with Crippen LogP contribution in [-0.4, -0.2) is 26.3 Å². The maximum atomic E-state index is 5.60. The third kappa shape index (κ3) is 1.33. The Balaban J connectivity index is 2.28. The highest BCUT2D eigenvalue weighted by Gasteiger charge is 2.33. The Morgan fingerprint density at radius 2 is 1.71 bits per heavy atom. The van der Waals surface area contributed by atoms with Crippen LogP contribution in [0.1, 0.15) is 0 Å². The van der Waals surface area contributed by atoms with E-state index in [0.29, 0.717) is 17.2 Å². The summed E-state index contributed by atoms with van der Waals surface area (Å²) in [5.74, 6) is 2.61. The van der Waals surface area contributed by atoms with E-state index < -0.39 is 0 Å². The number of nitrogens with zero attached hydrogens (tertiary/aromatic N) is 1. The Hall–Kier alpha value is -2.69. The summed E-state index contributed by atoms with van der Waals surface area (Å²) < 4.78 is 22.3. The van der Waals surface area contributed by atoms with Crippen molar-refractivity contribution in [1.29, 1.82) is 0 Å². The van der Waals surface area contributed by atoms with Crippen molar-refractivity contribution in [3.05, 3.63) is 24.6 Å². The van der Waals surface area contributed by atoms with Crippen LogP contribution in [0.3, 0.4) is 0 Å². The van der Waals surface area contributed by atoms with Crippen molar-refractivity contribution in [3.8, 4) is 39.8 Å². The summed E-state index contributed by atoms with van der Waals surface area (Å²) in [5, 5.41) is 1.91. The highest BCUT2D eigenvalue weighted by Crippen LogP contribution is 2.57. The molecule has 1 aromatic carbocycles. The molecule has 0 N–H and O–H groups in total. The Morgan fingerprint density at radius 1 is 0.952 bits per heavy atom. The van der Waals surface area contributed by atoms with Gasteiger partial charge in [0.1, 0.15) is 5.69 Å². The van der Waals surface area contributed by atoms with Crippen LogP contribution < -0.4 is 14.2 Å². The van der Waals surface area contributed by atoms with E-state index in [9.17, 15) is 0 Å². The van der Waals surface area contributed by atoms with E-state index in [0.717, 1.165) is 33.4 Å². The minimum absolute atomic E-state index is 0.578. The third-order valence-corrected chi connectivity index (χ3v) is 3.85. The van der Waals surface area contributed by atoms with Crippen LogP contribution in [0, 0.1) is 0 Å². The minimum Gasteiger partial charge on any atom is -0.492 e. The molecule has 0 unspecified atom stereocenters. The normalized spacial score (nSPS) is 11.6. The Bertz CT molecular complexity index is 866. The molecule has 5 heteroatoms. The molecular weight excluding hydrogens is 270 g/mol. The number of hydrogen-bond donors (Lipinski definition) is 0. The van der Waals surface area contributed by atoms with Gasteiger partial charge in [-0.2, -0.15) is 0 Å². The number of rotatable bonds is 3. The summed E-state index contributed by atoms with van der Waals surface area (Å²) in [6, 6.07) is 3.83. The van der Waals surface area contributed by atoms with E-state index in [1.54, 1.807) is 33.8 Å². The summed E-state index contributed by atoms with van der Waals surface area (Å²) in [5.41, 5.74) is 2.71. The quantitative estimate of drug-likeness (QED) is 0.576. The fraction of sp³-hybridized carbons (Fsp3) is 0.188. The standard InChI is InChI=1S/C16H13NO4/c1-18-14-8-4-6-17-12-10(8)11(9-5-7-21-13(9)12)15(19-2)16(14)20-3/h4-7H,1-3H3. The summed E-state index contributed by atoms with van der Waals surface area (Å²) >= 11 is 0. The van der Waals surface area contributed by atoms with Crippen LogP contribution in [0.15, 0.2) is 29.0 Å². The van der Waals surface area contributed by atoms with Crippen LogP contribution in [-0.2, 0) is 0 Å². The molecule has 106 valence electrons. The van der Waals surface area contributed by atoms with Gasteiger partial charge in [-0.3, -0.25) is 4.98 Å². The zero-order valence-electron chi connectivity index (χ0n) is 11.9. The van der Waals surface area contributed by atoms with Gasteiger partial charge in [-0.15, -0.1) is 0 Å². The van der Waals surface area contributed by atoms with E-state index in [1.165, 1.54) is 0 Å². The summed E-state index contributed by atoms with van der Waals surface area (Å²) in [6.07, 6.45) is 3.40. The molecule has 0 saturated carbocycles. The van der Waals surface area contributed by atoms with Crippen LogP contribution >= 0.6 is 0 Å². The van der Waals surface area contributed by atoms with Gasteiger partial charge in [0, 0.05) is 28.1 Å². The predicted molar refractivity (Wildman–Crippen MR) is 78.1 cm³/mol. The first-order valence-electron chi connectivity index (χ1n) is 6.50. The number of aromatic nitrogens is 1. The van der Waals surface area contributed by atoms with Crippen molar-refractivity contribution in [3.63, 3.8) is 0 Å². The third-order valence-electron chi connectivity index (χ3n) is 3.85. The van der Waals surface area contributed by atoms with Crippen LogP contribution in [0.2, 0.25) is 0 Å². The van der Waals surface area contributed by atoms with Gasteiger partial charge in [0.25, 0.3) is 0 Å². The molecule has 0 aliphatic heterocycles. The first kappa shape index (κ1) is 12.1. The number of methoxy groups -OCH3 is 3. The summed E-state index contributed by atoms with van der Waals surface area (Å²) in [6.45, 7) is 0. The van der Waals surface area contributed by atoms with Crippen molar-refractivity contribution in [2.45, 2.75) is 0 Å². The maximum absolute atomic E-state index is 5.60. The smallest absolute Gasteiger partial charge is 0.204 e. The van der Waals surface area contributed by atoms with Crippen molar-refractivity contribution < 1.29 is 18.6 Å². The largest absolute Gasteiger partial charge is 0.492 e. The molecule has 1 aliphatic rings. The van der Waals surface area contributed by atoms with Crippen LogP contribution in [0.5, 0.6) is 17.2 Å². The minimum atomic E-state index is 0.578. The molecule has 0 atom stereocenters. The second-order valence-corrected chi connectivity index (χ2v) is 4.72. The zero-order valence-corrected chi connectivity index (χ0v) is 11.9. The van der Waals surface area contributed by atoms with Crippen molar-refractivity contribution >= 4 is 10.8 Å². The van der Waals surface area contributed by atoms with E-state index >= 15 is 0 Å². The van der Waals surface area contributed by atoms with E-state index in [1.807, 2.05) is 12.1 Å². The van der Waals surface area contributed by atoms with E-state index in [2.05, 4.69) is 4.98 Å². The van der Waals surface area contributed by atoms with Gasteiger partial charge in [0.2, 0.25) is 5.75 Å². The van der Waals surface area contributed by atoms with Gasteiger partial charge in [0.15, 0.2) is 17.3 Å². The molecule has 2 heterocycles. The summed E-state index contributed by atoms with van der Waals surface area (Å²) in [4.78, 5) is 4.45. The fourth-order valence-corrected chi connectivity index (χ4v) is 3.06. The number of fused-ring (bicyclic) bond motifs is 3. The number of pyridine rings is 1. The van der Waals surface area contributed by atoms with E-state index in [4.69, 9.17) is 18.6 Å². The molecule has 5 nitrogen and oxygen atoms in total. The molecule has 0 saturated heterocycles. The lowest BCUT2D eigenvalue weighted by Gasteiger charge is -2.17. The molecule has 4 rings (SSSR count). The predicted octanol–water partition coefficient (Wildman–Crippen LogP) is 3.50. The average Bonchev–Trinajstić information content (AvgIpc) is 3.10. The Morgan fingerprint density at radius 3 is 2.43 bits per heavy atom. The first-order valence-corrected chi connectivity index (χ1v) is 6.50. The molecular formula is C16H13NO4. The van der Waals surface area contributed by atoms with Gasteiger partial charge in [0.05, 0.1) is 27.6 Å². The molecule has 3 aromatic rings. The number of hydrogen-bond acceptors (Lipinski definition) is 5. The van der Waals surface area contributed by atoms with E-state index in [-0.39, 0.29) is 0 Å². The second kappa shape index (κ2) is 4.15.